The van der Waals surface area contributed by atoms with Gasteiger partial charge in [0.2, 0.25) is 0 Å². The summed E-state index contributed by atoms with van der Waals surface area (Å²) in [6.45, 7) is 4.98. The van der Waals surface area contributed by atoms with Gasteiger partial charge in [-0.3, -0.25) is 0 Å². The molecule has 0 aliphatic heterocycles. The first-order valence-corrected chi connectivity index (χ1v) is 6.47. The molecule has 0 atom stereocenters. The van der Waals surface area contributed by atoms with Gasteiger partial charge in [-0.05, 0) is 18.9 Å². The largest absolute Gasteiger partial charge is 0.383 e. The van der Waals surface area contributed by atoms with Crippen LogP contribution in [0, 0.1) is 6.92 Å². The maximum absolute atomic E-state index is 5.91. The van der Waals surface area contributed by atoms with Crippen molar-refractivity contribution in [2.24, 2.45) is 0 Å². The van der Waals surface area contributed by atoms with Gasteiger partial charge in [0.05, 0.1) is 0 Å². The summed E-state index contributed by atoms with van der Waals surface area (Å²) in [6.07, 6.45) is 2.36. The van der Waals surface area contributed by atoms with Crippen molar-refractivity contribution in [3.63, 3.8) is 0 Å². The van der Waals surface area contributed by atoms with Crippen LogP contribution in [0.2, 0.25) is 0 Å². The van der Waals surface area contributed by atoms with Crippen molar-refractivity contribution in [2.75, 3.05) is 17.7 Å². The molecular formula is C15H20N4. The molecule has 0 spiro atoms. The fraction of sp³-hybridized carbons (Fsp3) is 0.333. The molecule has 0 fully saturated rings. The van der Waals surface area contributed by atoms with Crippen LogP contribution in [0.4, 0.5) is 11.6 Å². The van der Waals surface area contributed by atoms with Gasteiger partial charge in [-0.15, -0.1) is 0 Å². The summed E-state index contributed by atoms with van der Waals surface area (Å²) < 4.78 is 0. The molecule has 0 radical (unpaired) electrons. The Kier molecular flexibility index (Phi) is 4.00. The Morgan fingerprint density at radius 2 is 2.05 bits per heavy atom. The van der Waals surface area contributed by atoms with Gasteiger partial charge in [-0.1, -0.05) is 36.8 Å². The first kappa shape index (κ1) is 13.3. The molecule has 2 rings (SSSR count). The predicted molar refractivity (Wildman–Crippen MR) is 79.1 cm³/mol. The molecular weight excluding hydrogens is 236 g/mol. The van der Waals surface area contributed by atoms with Crippen LogP contribution in [0.1, 0.15) is 23.6 Å². The van der Waals surface area contributed by atoms with Crippen molar-refractivity contribution < 1.29 is 0 Å². The van der Waals surface area contributed by atoms with Crippen LogP contribution in [0.3, 0.4) is 0 Å². The summed E-state index contributed by atoms with van der Waals surface area (Å²) in [4.78, 5) is 10.5. The van der Waals surface area contributed by atoms with E-state index in [2.05, 4.69) is 53.0 Å². The molecule has 1 aromatic heterocycles. The van der Waals surface area contributed by atoms with Crippen molar-refractivity contribution in [3.8, 4) is 0 Å². The quantitative estimate of drug-likeness (QED) is 0.913. The Morgan fingerprint density at radius 1 is 1.26 bits per heavy atom. The van der Waals surface area contributed by atoms with Crippen LogP contribution in [0.15, 0.2) is 30.6 Å². The van der Waals surface area contributed by atoms with E-state index < -0.39 is 0 Å². The Labute approximate surface area is 114 Å². The Balaban J connectivity index is 2.25. The highest BCUT2D eigenvalue weighted by Gasteiger charge is 2.11. The molecule has 0 amide bonds. The van der Waals surface area contributed by atoms with E-state index in [9.17, 15) is 0 Å². The maximum atomic E-state index is 5.91. The van der Waals surface area contributed by atoms with Crippen LogP contribution in [0.25, 0.3) is 0 Å². The van der Waals surface area contributed by atoms with Crippen LogP contribution in [-0.2, 0) is 13.0 Å². The maximum Gasteiger partial charge on any atom is 0.137 e. The summed E-state index contributed by atoms with van der Waals surface area (Å²) >= 11 is 0. The average Bonchev–Trinajstić information content (AvgIpc) is 2.38. The third kappa shape index (κ3) is 3.02. The van der Waals surface area contributed by atoms with Crippen molar-refractivity contribution in [3.05, 3.63) is 47.3 Å². The standard InChI is InChI=1S/C15H20N4/c1-4-13-14(16)17-10-18-15(13)19(3)9-12-7-5-6-11(2)8-12/h5-8,10H,4,9H2,1-3H3,(H2,16,17,18). The number of hydrogen-bond donors (Lipinski definition) is 1. The van der Waals surface area contributed by atoms with Gasteiger partial charge in [-0.2, -0.15) is 0 Å². The van der Waals surface area contributed by atoms with Gasteiger partial charge in [0, 0.05) is 19.2 Å². The molecule has 4 heteroatoms. The molecule has 0 unspecified atom stereocenters. The molecule has 2 aromatic rings. The van der Waals surface area contributed by atoms with Crippen LogP contribution in [0.5, 0.6) is 0 Å². The van der Waals surface area contributed by atoms with Gasteiger partial charge in [-0.25, -0.2) is 9.97 Å². The van der Waals surface area contributed by atoms with E-state index in [4.69, 9.17) is 5.73 Å². The Hall–Kier alpha value is -2.10. The average molecular weight is 256 g/mol. The predicted octanol–water partition coefficient (Wildman–Crippen LogP) is 2.57. The zero-order valence-electron chi connectivity index (χ0n) is 11.7. The second kappa shape index (κ2) is 5.69. The number of aryl methyl sites for hydroxylation is 1. The molecule has 0 aliphatic carbocycles. The van der Waals surface area contributed by atoms with E-state index in [-0.39, 0.29) is 0 Å². The van der Waals surface area contributed by atoms with Crippen molar-refractivity contribution in [1.29, 1.82) is 0 Å². The number of aromatic nitrogens is 2. The number of benzene rings is 1. The van der Waals surface area contributed by atoms with E-state index in [0.717, 1.165) is 24.3 Å². The lowest BCUT2D eigenvalue weighted by atomic mass is 10.1. The molecule has 4 nitrogen and oxygen atoms in total. The number of anilines is 2. The van der Waals surface area contributed by atoms with Crippen LogP contribution < -0.4 is 10.6 Å². The van der Waals surface area contributed by atoms with E-state index in [1.165, 1.54) is 17.5 Å². The summed E-state index contributed by atoms with van der Waals surface area (Å²) in [5.74, 6) is 1.49. The van der Waals surface area contributed by atoms with Gasteiger partial charge in [0.1, 0.15) is 18.0 Å². The number of hydrogen-bond acceptors (Lipinski definition) is 4. The van der Waals surface area contributed by atoms with Crippen molar-refractivity contribution in [1.82, 2.24) is 9.97 Å². The Bertz CT molecular complexity index is 566. The first-order valence-electron chi connectivity index (χ1n) is 6.47. The molecule has 0 bridgehead atoms. The minimum absolute atomic E-state index is 0.573. The third-order valence-corrected chi connectivity index (χ3v) is 3.17. The summed E-state index contributed by atoms with van der Waals surface area (Å²) in [5.41, 5.74) is 9.45. The second-order valence-corrected chi connectivity index (χ2v) is 4.76. The topological polar surface area (TPSA) is 55.0 Å². The Morgan fingerprint density at radius 3 is 2.74 bits per heavy atom. The number of rotatable bonds is 4. The fourth-order valence-electron chi connectivity index (χ4n) is 2.24. The molecule has 19 heavy (non-hydrogen) atoms. The molecule has 0 aliphatic rings. The molecule has 1 heterocycles. The minimum Gasteiger partial charge on any atom is -0.383 e. The molecule has 0 saturated heterocycles. The highest BCUT2D eigenvalue weighted by atomic mass is 15.2. The van der Waals surface area contributed by atoms with Gasteiger partial charge < -0.3 is 10.6 Å². The summed E-state index contributed by atoms with van der Waals surface area (Å²) in [7, 11) is 2.03. The zero-order valence-corrected chi connectivity index (χ0v) is 11.7. The van der Waals surface area contributed by atoms with E-state index in [1.807, 2.05) is 7.05 Å². The van der Waals surface area contributed by atoms with Crippen LogP contribution >= 0.6 is 0 Å². The lowest BCUT2D eigenvalue weighted by Crippen LogP contribution is -2.20. The van der Waals surface area contributed by atoms with Crippen molar-refractivity contribution >= 4 is 11.6 Å². The fourth-order valence-corrected chi connectivity index (χ4v) is 2.24. The van der Waals surface area contributed by atoms with Crippen LogP contribution in [-0.4, -0.2) is 17.0 Å². The number of nitrogens with two attached hydrogens (primary N) is 1. The minimum atomic E-state index is 0.573. The van der Waals surface area contributed by atoms with Crippen molar-refractivity contribution in [2.45, 2.75) is 26.8 Å². The highest BCUT2D eigenvalue weighted by Crippen LogP contribution is 2.22. The summed E-state index contributed by atoms with van der Waals surface area (Å²) in [6, 6.07) is 8.49. The van der Waals surface area contributed by atoms with E-state index >= 15 is 0 Å². The molecule has 2 N–H and O–H groups in total. The highest BCUT2D eigenvalue weighted by molar-refractivity contribution is 5.56. The lowest BCUT2D eigenvalue weighted by molar-refractivity contribution is 0.872. The number of nitrogen functional groups attached to an aromatic ring is 1. The summed E-state index contributed by atoms with van der Waals surface area (Å²) in [5, 5.41) is 0. The second-order valence-electron chi connectivity index (χ2n) is 4.76. The smallest absolute Gasteiger partial charge is 0.137 e. The number of nitrogens with zero attached hydrogens (tertiary/aromatic N) is 3. The zero-order chi connectivity index (χ0) is 13.8. The molecule has 100 valence electrons. The van der Waals surface area contributed by atoms with Gasteiger partial charge in [0.15, 0.2) is 0 Å². The third-order valence-electron chi connectivity index (χ3n) is 3.17. The van der Waals surface area contributed by atoms with Gasteiger partial charge >= 0.3 is 0 Å². The normalized spacial score (nSPS) is 10.5. The molecule has 1 aromatic carbocycles. The van der Waals surface area contributed by atoms with E-state index in [0.29, 0.717) is 5.82 Å². The first-order chi connectivity index (χ1) is 9.11. The SMILES string of the molecule is CCc1c(N)ncnc1N(C)Cc1cccc(C)c1. The monoisotopic (exact) mass is 256 g/mol. The van der Waals surface area contributed by atoms with E-state index in [1.54, 1.807) is 0 Å². The molecule has 0 saturated carbocycles. The lowest BCUT2D eigenvalue weighted by Gasteiger charge is -2.21. The van der Waals surface area contributed by atoms with Gasteiger partial charge in [0.25, 0.3) is 0 Å².